The second-order valence-corrected chi connectivity index (χ2v) is 7.99. The molecule has 0 unspecified atom stereocenters. The van der Waals surface area contributed by atoms with E-state index in [1.54, 1.807) is 14.3 Å². The van der Waals surface area contributed by atoms with Crippen molar-refractivity contribution in [1.29, 1.82) is 0 Å². The van der Waals surface area contributed by atoms with Crippen LogP contribution in [0.1, 0.15) is 12.6 Å². The van der Waals surface area contributed by atoms with Crippen molar-refractivity contribution in [3.63, 3.8) is 0 Å². The van der Waals surface area contributed by atoms with E-state index in [4.69, 9.17) is 0 Å². The molecule has 0 aliphatic heterocycles. The van der Waals surface area contributed by atoms with Crippen LogP contribution in [0.3, 0.4) is 0 Å². The first-order valence-electron chi connectivity index (χ1n) is 10.1. The largest absolute Gasteiger partial charge is 0.312 e. The number of benzene rings is 2. The molecule has 1 amide bonds. The Balaban J connectivity index is 1.61. The summed E-state index contributed by atoms with van der Waals surface area (Å²) in [5, 5.41) is 12.2. The van der Waals surface area contributed by atoms with E-state index >= 15 is 0 Å². The van der Waals surface area contributed by atoms with Crippen LogP contribution in [0.2, 0.25) is 0 Å². The highest BCUT2D eigenvalue weighted by molar-refractivity contribution is 7.99. The van der Waals surface area contributed by atoms with Crippen LogP contribution in [-0.2, 0) is 11.8 Å². The van der Waals surface area contributed by atoms with Gasteiger partial charge in [0, 0.05) is 19.3 Å². The van der Waals surface area contributed by atoms with Gasteiger partial charge in [0.15, 0.2) is 5.69 Å². The van der Waals surface area contributed by atoms with Gasteiger partial charge in [0.25, 0.3) is 5.56 Å². The molecule has 2 aromatic heterocycles. The maximum absolute atomic E-state index is 13.3. The summed E-state index contributed by atoms with van der Waals surface area (Å²) in [5.74, 6) is 0.0757. The van der Waals surface area contributed by atoms with Gasteiger partial charge < -0.3 is 4.90 Å². The van der Waals surface area contributed by atoms with Gasteiger partial charge in [-0.3, -0.25) is 14.3 Å². The van der Waals surface area contributed by atoms with Crippen molar-refractivity contribution in [1.82, 2.24) is 29.6 Å². The maximum Gasteiger partial charge on any atom is 0.297 e. The van der Waals surface area contributed by atoms with E-state index in [-0.39, 0.29) is 17.2 Å². The van der Waals surface area contributed by atoms with Crippen LogP contribution in [0.4, 0.5) is 5.69 Å². The highest BCUT2D eigenvalue weighted by atomic mass is 32.2. The summed E-state index contributed by atoms with van der Waals surface area (Å²) in [7, 11) is 1.81. The summed E-state index contributed by atoms with van der Waals surface area (Å²) in [5.41, 5.74) is 2.40. The number of aromatic nitrogens is 6. The minimum atomic E-state index is -0.240. The van der Waals surface area contributed by atoms with E-state index in [9.17, 15) is 9.59 Å². The molecule has 0 N–H and O–H groups in total. The standard InChI is InChI=1S/C22H23N7O2S/c1-4-27(17-11-7-5-8-12-17)19(30)15-32-22-23-24-25-28(22)20-16(2)26(3)29(21(20)31)18-13-9-6-10-14-18/h5-14H,4,15H2,1-3H3. The molecule has 2 aromatic carbocycles. The first kappa shape index (κ1) is 21.6. The van der Waals surface area contributed by atoms with E-state index in [1.807, 2.05) is 81.6 Å². The molecule has 0 radical (unpaired) electrons. The number of carbonyl (C=O) groups excluding carboxylic acids is 1. The van der Waals surface area contributed by atoms with Gasteiger partial charge in [-0.15, -0.1) is 5.10 Å². The molecule has 164 valence electrons. The Bertz CT molecular complexity index is 1280. The number of tetrazole rings is 1. The molecule has 0 bridgehead atoms. The monoisotopic (exact) mass is 449 g/mol. The zero-order valence-electron chi connectivity index (χ0n) is 18.0. The minimum Gasteiger partial charge on any atom is -0.312 e. The highest BCUT2D eigenvalue weighted by Crippen LogP contribution is 2.22. The van der Waals surface area contributed by atoms with E-state index in [0.29, 0.717) is 23.1 Å². The van der Waals surface area contributed by atoms with Gasteiger partial charge in [0.05, 0.1) is 17.1 Å². The number of rotatable bonds is 7. The van der Waals surface area contributed by atoms with Gasteiger partial charge in [0.2, 0.25) is 11.1 Å². The molecule has 0 saturated heterocycles. The third-order valence-corrected chi connectivity index (χ3v) is 6.09. The number of hydrogen-bond acceptors (Lipinski definition) is 6. The van der Waals surface area contributed by atoms with Gasteiger partial charge in [-0.25, -0.2) is 4.68 Å². The topological polar surface area (TPSA) is 90.8 Å². The van der Waals surface area contributed by atoms with Gasteiger partial charge in [-0.2, -0.15) is 4.68 Å². The summed E-state index contributed by atoms with van der Waals surface area (Å²) in [4.78, 5) is 27.8. The fourth-order valence-corrected chi connectivity index (χ4v) is 4.28. The molecule has 0 fully saturated rings. The van der Waals surface area contributed by atoms with Gasteiger partial charge >= 0.3 is 0 Å². The van der Waals surface area contributed by atoms with Crippen molar-refractivity contribution in [3.8, 4) is 11.4 Å². The van der Waals surface area contributed by atoms with E-state index in [0.717, 1.165) is 11.4 Å². The number of nitrogens with zero attached hydrogens (tertiary/aromatic N) is 7. The van der Waals surface area contributed by atoms with E-state index in [1.165, 1.54) is 16.4 Å². The second-order valence-electron chi connectivity index (χ2n) is 7.05. The highest BCUT2D eigenvalue weighted by Gasteiger charge is 2.23. The van der Waals surface area contributed by atoms with E-state index in [2.05, 4.69) is 15.5 Å². The molecule has 4 rings (SSSR count). The summed E-state index contributed by atoms with van der Waals surface area (Å²) in [6.45, 7) is 4.32. The quantitative estimate of drug-likeness (QED) is 0.403. The zero-order valence-corrected chi connectivity index (χ0v) is 18.9. The van der Waals surface area contributed by atoms with Crippen molar-refractivity contribution >= 4 is 23.4 Å². The molecule has 0 aliphatic rings. The Morgan fingerprint density at radius 1 is 1.06 bits per heavy atom. The van der Waals surface area contributed by atoms with Gasteiger partial charge in [-0.1, -0.05) is 48.2 Å². The van der Waals surface area contributed by atoms with Crippen LogP contribution in [0.15, 0.2) is 70.6 Å². The molecule has 10 heteroatoms. The lowest BCUT2D eigenvalue weighted by molar-refractivity contribution is -0.116. The molecule has 2 heterocycles. The number of thioether (sulfide) groups is 1. The molecule has 0 aliphatic carbocycles. The normalized spacial score (nSPS) is 11.0. The van der Waals surface area contributed by atoms with Gasteiger partial charge in [0.1, 0.15) is 0 Å². The lowest BCUT2D eigenvalue weighted by atomic mass is 10.3. The third-order valence-electron chi connectivity index (χ3n) is 5.19. The summed E-state index contributed by atoms with van der Waals surface area (Å²) >= 11 is 1.20. The Morgan fingerprint density at radius 2 is 1.72 bits per heavy atom. The van der Waals surface area contributed by atoms with Crippen LogP contribution in [0, 0.1) is 6.92 Å². The summed E-state index contributed by atoms with van der Waals surface area (Å²) in [6, 6.07) is 18.9. The fourth-order valence-electron chi connectivity index (χ4n) is 3.52. The average molecular weight is 450 g/mol. The van der Waals surface area contributed by atoms with Crippen LogP contribution in [0.5, 0.6) is 0 Å². The van der Waals surface area contributed by atoms with Crippen LogP contribution in [0.25, 0.3) is 11.4 Å². The Morgan fingerprint density at radius 3 is 2.38 bits per heavy atom. The van der Waals surface area contributed by atoms with Crippen molar-refractivity contribution in [2.24, 2.45) is 7.05 Å². The first-order chi connectivity index (χ1) is 15.5. The van der Waals surface area contributed by atoms with Crippen molar-refractivity contribution in [3.05, 3.63) is 76.7 Å². The van der Waals surface area contributed by atoms with Crippen LogP contribution < -0.4 is 10.5 Å². The smallest absolute Gasteiger partial charge is 0.297 e. The van der Waals surface area contributed by atoms with Crippen LogP contribution in [-0.4, -0.2) is 47.8 Å². The number of amides is 1. The SMILES string of the molecule is CCN(C(=O)CSc1nnnn1-c1c(C)n(C)n(-c2ccccc2)c1=O)c1ccccc1. The molecule has 0 atom stereocenters. The molecular weight excluding hydrogens is 426 g/mol. The number of hydrogen-bond donors (Lipinski definition) is 0. The fraction of sp³-hybridized carbons (Fsp3) is 0.227. The molecule has 4 aromatic rings. The lowest BCUT2D eigenvalue weighted by Gasteiger charge is -2.20. The first-order valence-corrected chi connectivity index (χ1v) is 11.1. The Labute approximate surface area is 189 Å². The maximum atomic E-state index is 13.3. The van der Waals surface area contributed by atoms with Crippen molar-refractivity contribution in [2.45, 2.75) is 19.0 Å². The molecule has 0 spiro atoms. The number of anilines is 1. The zero-order chi connectivity index (χ0) is 22.7. The third kappa shape index (κ3) is 3.96. The van der Waals surface area contributed by atoms with E-state index < -0.39 is 0 Å². The molecule has 9 nitrogen and oxygen atoms in total. The second kappa shape index (κ2) is 9.23. The number of para-hydroxylation sites is 2. The molecule has 0 saturated carbocycles. The Hall–Kier alpha value is -3.66. The average Bonchev–Trinajstić information content (AvgIpc) is 3.35. The summed E-state index contributed by atoms with van der Waals surface area (Å²) in [6.07, 6.45) is 0. The van der Waals surface area contributed by atoms with Crippen LogP contribution >= 0.6 is 11.8 Å². The predicted molar refractivity (Wildman–Crippen MR) is 124 cm³/mol. The van der Waals surface area contributed by atoms with Crippen molar-refractivity contribution < 1.29 is 4.79 Å². The number of carbonyl (C=O) groups is 1. The molecule has 32 heavy (non-hydrogen) atoms. The molecular formula is C22H23N7O2S. The van der Waals surface area contributed by atoms with Crippen molar-refractivity contribution in [2.75, 3.05) is 17.2 Å². The summed E-state index contributed by atoms with van der Waals surface area (Å²) < 4.78 is 4.75. The minimum absolute atomic E-state index is 0.0651. The Kier molecular flexibility index (Phi) is 6.22. The lowest BCUT2D eigenvalue weighted by Crippen LogP contribution is -2.32. The predicted octanol–water partition coefficient (Wildman–Crippen LogP) is 2.61. The van der Waals surface area contributed by atoms with Gasteiger partial charge in [-0.05, 0) is 48.5 Å².